The van der Waals surface area contributed by atoms with Crippen molar-refractivity contribution in [3.05, 3.63) is 74.6 Å². The number of fused-ring (bicyclic) bond motifs is 2. The van der Waals surface area contributed by atoms with Crippen LogP contribution in [0, 0.1) is 0 Å². The summed E-state index contributed by atoms with van der Waals surface area (Å²) in [5.41, 5.74) is 2.82. The van der Waals surface area contributed by atoms with Gasteiger partial charge in [0.05, 0.1) is 4.90 Å². The minimum absolute atomic E-state index is 0.0210. The van der Waals surface area contributed by atoms with Gasteiger partial charge in [0.15, 0.2) is 0 Å². The number of benzene rings is 2. The zero-order valence-corrected chi connectivity index (χ0v) is 18.3. The first-order valence-electron chi connectivity index (χ1n) is 9.70. The van der Waals surface area contributed by atoms with Gasteiger partial charge in [-0.3, -0.25) is 4.79 Å². The SMILES string of the molecule is CN(CC(=O)OCc1cc(=O)oc2cc3c(cc12)CCC3)S(=O)(=O)c1ccc(Cl)cc1. The van der Waals surface area contributed by atoms with Gasteiger partial charge in [0.25, 0.3) is 0 Å². The molecule has 4 rings (SSSR count). The maximum absolute atomic E-state index is 12.6. The summed E-state index contributed by atoms with van der Waals surface area (Å²) < 4.78 is 36.7. The average Bonchev–Trinajstić information content (AvgIpc) is 3.18. The van der Waals surface area contributed by atoms with E-state index in [1.54, 1.807) is 0 Å². The summed E-state index contributed by atoms with van der Waals surface area (Å²) in [6.45, 7) is -0.631. The fourth-order valence-corrected chi connectivity index (χ4v) is 4.91. The van der Waals surface area contributed by atoms with E-state index in [0.29, 0.717) is 16.2 Å². The molecule has 0 amide bonds. The second kappa shape index (κ2) is 8.45. The normalized spacial score (nSPS) is 13.5. The molecule has 0 N–H and O–H groups in total. The number of hydrogen-bond donors (Lipinski definition) is 0. The van der Waals surface area contributed by atoms with E-state index in [2.05, 4.69) is 0 Å². The van der Waals surface area contributed by atoms with Crippen molar-refractivity contribution in [2.75, 3.05) is 13.6 Å². The van der Waals surface area contributed by atoms with E-state index in [1.807, 2.05) is 12.1 Å². The number of likely N-dealkylation sites (N-methyl/N-ethyl adjacent to an activating group) is 1. The van der Waals surface area contributed by atoms with Crippen molar-refractivity contribution in [1.82, 2.24) is 4.31 Å². The predicted molar refractivity (Wildman–Crippen MR) is 116 cm³/mol. The van der Waals surface area contributed by atoms with E-state index >= 15 is 0 Å². The molecule has 162 valence electrons. The van der Waals surface area contributed by atoms with Gasteiger partial charge in [-0.1, -0.05) is 11.6 Å². The number of rotatable bonds is 6. The van der Waals surface area contributed by atoms with Crippen molar-refractivity contribution in [3.63, 3.8) is 0 Å². The van der Waals surface area contributed by atoms with Crippen LogP contribution in [0.4, 0.5) is 0 Å². The fraction of sp³-hybridized carbons (Fsp3) is 0.273. The van der Waals surface area contributed by atoms with Crippen LogP contribution < -0.4 is 5.63 Å². The molecule has 7 nitrogen and oxygen atoms in total. The van der Waals surface area contributed by atoms with E-state index in [1.165, 1.54) is 48.5 Å². The Balaban J connectivity index is 1.48. The summed E-state index contributed by atoms with van der Waals surface area (Å²) in [4.78, 5) is 24.3. The van der Waals surface area contributed by atoms with Gasteiger partial charge in [0, 0.05) is 29.1 Å². The molecule has 0 atom stereocenters. The van der Waals surface area contributed by atoms with Gasteiger partial charge >= 0.3 is 11.6 Å². The topological polar surface area (TPSA) is 93.9 Å². The minimum atomic E-state index is -3.87. The number of sulfonamides is 1. The molecular weight excluding hydrogens is 442 g/mol. The molecule has 1 heterocycles. The Morgan fingerprint density at radius 2 is 1.81 bits per heavy atom. The number of hydrogen-bond acceptors (Lipinski definition) is 6. The Bertz CT molecular complexity index is 1310. The third kappa shape index (κ3) is 4.51. The van der Waals surface area contributed by atoms with Crippen molar-refractivity contribution < 1.29 is 22.4 Å². The molecule has 0 bridgehead atoms. The third-order valence-corrected chi connectivity index (χ3v) is 7.37. The Morgan fingerprint density at radius 1 is 1.13 bits per heavy atom. The van der Waals surface area contributed by atoms with Crippen LogP contribution >= 0.6 is 11.6 Å². The monoisotopic (exact) mass is 461 g/mol. The zero-order valence-electron chi connectivity index (χ0n) is 16.8. The van der Waals surface area contributed by atoms with Crippen molar-refractivity contribution in [2.45, 2.75) is 30.8 Å². The highest BCUT2D eigenvalue weighted by Crippen LogP contribution is 2.28. The number of esters is 1. The van der Waals surface area contributed by atoms with Gasteiger partial charge in [-0.2, -0.15) is 4.31 Å². The maximum Gasteiger partial charge on any atom is 0.336 e. The molecule has 2 aromatic carbocycles. The van der Waals surface area contributed by atoms with Gasteiger partial charge in [-0.25, -0.2) is 13.2 Å². The van der Waals surface area contributed by atoms with E-state index in [9.17, 15) is 18.0 Å². The highest BCUT2D eigenvalue weighted by atomic mass is 35.5. The summed E-state index contributed by atoms with van der Waals surface area (Å²) in [6.07, 6.45) is 2.95. The molecule has 1 aromatic heterocycles. The Labute approximate surface area is 184 Å². The molecule has 0 saturated heterocycles. The summed E-state index contributed by atoms with van der Waals surface area (Å²) in [5, 5.41) is 1.13. The Kier molecular flexibility index (Phi) is 5.88. The molecule has 0 fully saturated rings. The van der Waals surface area contributed by atoms with Crippen LogP contribution in [0.1, 0.15) is 23.1 Å². The molecule has 0 unspecified atom stereocenters. The first kappa shape index (κ1) is 21.5. The van der Waals surface area contributed by atoms with Gasteiger partial charge in [-0.15, -0.1) is 0 Å². The molecule has 1 aliphatic carbocycles. The fourth-order valence-electron chi connectivity index (χ4n) is 3.67. The third-order valence-electron chi connectivity index (χ3n) is 5.30. The van der Waals surface area contributed by atoms with Crippen LogP contribution in [0.2, 0.25) is 5.02 Å². The van der Waals surface area contributed by atoms with Crippen molar-refractivity contribution in [3.8, 4) is 0 Å². The summed E-state index contributed by atoms with van der Waals surface area (Å²) in [5.74, 6) is -0.734. The summed E-state index contributed by atoms with van der Waals surface area (Å²) in [6, 6.07) is 10.8. The van der Waals surface area contributed by atoms with Gasteiger partial charge < -0.3 is 9.15 Å². The highest BCUT2D eigenvalue weighted by Gasteiger charge is 2.24. The van der Waals surface area contributed by atoms with Crippen LogP contribution in [0.25, 0.3) is 11.0 Å². The van der Waals surface area contributed by atoms with Crippen LogP contribution in [0.3, 0.4) is 0 Å². The molecule has 0 radical (unpaired) electrons. The minimum Gasteiger partial charge on any atom is -0.460 e. The first-order valence-corrected chi connectivity index (χ1v) is 11.5. The smallest absolute Gasteiger partial charge is 0.336 e. The highest BCUT2D eigenvalue weighted by molar-refractivity contribution is 7.89. The number of halogens is 1. The maximum atomic E-state index is 12.6. The van der Waals surface area contributed by atoms with Crippen molar-refractivity contribution in [2.24, 2.45) is 0 Å². The lowest BCUT2D eigenvalue weighted by Crippen LogP contribution is -2.33. The lowest BCUT2D eigenvalue weighted by Gasteiger charge is -2.16. The zero-order chi connectivity index (χ0) is 22.2. The molecule has 1 aliphatic rings. The predicted octanol–water partition coefficient (Wildman–Crippen LogP) is 3.30. The van der Waals surface area contributed by atoms with Crippen molar-refractivity contribution >= 4 is 38.6 Å². The molecular formula is C22H20ClNO6S. The van der Waals surface area contributed by atoms with E-state index in [-0.39, 0.29) is 11.5 Å². The quantitative estimate of drug-likeness (QED) is 0.413. The van der Waals surface area contributed by atoms with Crippen LogP contribution in [0.15, 0.2) is 56.6 Å². The molecule has 0 spiro atoms. The lowest BCUT2D eigenvalue weighted by molar-refractivity contribution is -0.144. The first-order chi connectivity index (χ1) is 14.7. The molecule has 31 heavy (non-hydrogen) atoms. The van der Waals surface area contributed by atoms with E-state index in [4.69, 9.17) is 20.8 Å². The lowest BCUT2D eigenvalue weighted by atomic mass is 10.0. The summed E-state index contributed by atoms with van der Waals surface area (Å²) in [7, 11) is -2.58. The average molecular weight is 462 g/mol. The van der Waals surface area contributed by atoms with Crippen molar-refractivity contribution in [1.29, 1.82) is 0 Å². The van der Waals surface area contributed by atoms with Crippen LogP contribution in [-0.2, 0) is 39.0 Å². The molecule has 9 heteroatoms. The number of ether oxygens (including phenoxy) is 1. The molecule has 0 saturated carbocycles. The van der Waals surface area contributed by atoms with E-state index in [0.717, 1.165) is 29.0 Å². The summed E-state index contributed by atoms with van der Waals surface area (Å²) >= 11 is 5.80. The van der Waals surface area contributed by atoms with Gasteiger partial charge in [0.2, 0.25) is 10.0 Å². The number of carbonyl (C=O) groups excluding carboxylic acids is 1. The van der Waals surface area contributed by atoms with Crippen LogP contribution in [0.5, 0.6) is 0 Å². The Morgan fingerprint density at radius 3 is 2.52 bits per heavy atom. The molecule has 0 aliphatic heterocycles. The second-order valence-electron chi connectivity index (χ2n) is 7.44. The number of carbonyl (C=O) groups is 1. The second-order valence-corrected chi connectivity index (χ2v) is 9.92. The molecule has 3 aromatic rings. The largest absolute Gasteiger partial charge is 0.460 e. The van der Waals surface area contributed by atoms with Crippen LogP contribution in [-0.4, -0.2) is 32.3 Å². The number of aryl methyl sites for hydroxylation is 2. The van der Waals surface area contributed by atoms with E-state index < -0.39 is 28.2 Å². The van der Waals surface area contributed by atoms with Gasteiger partial charge in [-0.05, 0) is 66.8 Å². The number of nitrogens with zero attached hydrogens (tertiary/aromatic N) is 1. The Hall–Kier alpha value is -2.68. The standard InChI is InChI=1S/C22H20ClNO6S/c1-24(31(27,28)18-7-5-17(23)6-8-18)12-22(26)29-13-16-11-21(25)30-20-10-15-4-2-3-14(15)9-19(16)20/h5-11H,2-4,12-13H2,1H3. The van der Waals surface area contributed by atoms with Gasteiger partial charge in [0.1, 0.15) is 18.7 Å².